The minimum absolute atomic E-state index is 0.113. The van der Waals surface area contributed by atoms with Gasteiger partial charge in [0.15, 0.2) is 11.4 Å². The molecule has 3 amide bonds. The number of likely N-dealkylation sites (tertiary alicyclic amines) is 1. The number of rotatable bonds is 3. The molecule has 2 aromatic rings. The molecule has 3 aliphatic heterocycles. The molecule has 1 aliphatic carbocycles. The van der Waals surface area contributed by atoms with Gasteiger partial charge in [0.05, 0.1) is 29.7 Å². The number of hydrogen-bond donors (Lipinski definition) is 2. The molecule has 4 aliphatic rings. The van der Waals surface area contributed by atoms with Gasteiger partial charge in [-0.2, -0.15) is 0 Å². The third-order valence-electron chi connectivity index (χ3n) is 7.37. The number of carbonyl (C=O) groups excluding carboxylic acids is 3. The van der Waals surface area contributed by atoms with E-state index in [0.717, 1.165) is 11.9 Å². The highest BCUT2D eigenvalue weighted by Crippen LogP contribution is 2.41. The van der Waals surface area contributed by atoms with E-state index in [1.807, 2.05) is 24.3 Å². The largest absolute Gasteiger partial charge is 0.444 e. The lowest BCUT2D eigenvalue weighted by Gasteiger charge is -2.50. The van der Waals surface area contributed by atoms with Gasteiger partial charge in [-0.3, -0.25) is 14.6 Å². The van der Waals surface area contributed by atoms with Crippen LogP contribution in [0.4, 0.5) is 10.6 Å². The Bertz CT molecular complexity index is 1200. The molecular formula is C26H33N5O5. The van der Waals surface area contributed by atoms with Gasteiger partial charge < -0.3 is 25.0 Å². The van der Waals surface area contributed by atoms with E-state index in [0.29, 0.717) is 30.7 Å². The van der Waals surface area contributed by atoms with Crippen LogP contribution in [-0.4, -0.2) is 79.7 Å². The lowest BCUT2D eigenvalue weighted by molar-refractivity contribution is -0.161. The molecule has 1 aromatic carbocycles. The van der Waals surface area contributed by atoms with E-state index < -0.39 is 29.1 Å². The zero-order valence-electron chi connectivity index (χ0n) is 20.9. The molecule has 1 aromatic heterocycles. The molecule has 4 heterocycles. The molecule has 2 N–H and O–H groups in total. The smallest absolute Gasteiger partial charge is 0.410 e. The van der Waals surface area contributed by atoms with Gasteiger partial charge in [-0.15, -0.1) is 0 Å². The molecule has 10 nitrogen and oxygen atoms in total. The summed E-state index contributed by atoms with van der Waals surface area (Å²) < 4.78 is 5.41. The summed E-state index contributed by atoms with van der Waals surface area (Å²) in [5.74, 6) is -0.446. The third kappa shape index (κ3) is 4.74. The highest BCUT2D eigenvalue weighted by atomic mass is 16.6. The van der Waals surface area contributed by atoms with Crippen LogP contribution in [0.3, 0.4) is 0 Å². The number of ether oxygens (including phenoxy) is 1. The first-order valence-electron chi connectivity index (χ1n) is 12.6. The SMILES string of the molecule is CC(C)(C)OC(=O)N1CCC(O)(C(=O)N2C[C@@H]3CC[C@H]2[C@@H](C(=O)Nc2cnc4ccccc4n2)C3)C1. The molecule has 192 valence electrons. The maximum absolute atomic E-state index is 13.6. The van der Waals surface area contributed by atoms with Crippen LogP contribution in [0.1, 0.15) is 46.5 Å². The number of fused-ring (bicyclic) bond motifs is 4. The fourth-order valence-electron chi connectivity index (χ4n) is 5.66. The van der Waals surface area contributed by atoms with E-state index in [9.17, 15) is 19.5 Å². The number of nitrogens with one attached hydrogen (secondary N) is 1. The summed E-state index contributed by atoms with van der Waals surface area (Å²) in [4.78, 5) is 51.2. The van der Waals surface area contributed by atoms with Gasteiger partial charge in [-0.05, 0) is 58.1 Å². The zero-order chi connectivity index (χ0) is 25.7. The Morgan fingerprint density at radius 3 is 2.64 bits per heavy atom. The number of β-amino-alcohol motifs (C(OH)–C–C–N with tert-alkyl or cyclic N) is 1. The highest BCUT2D eigenvalue weighted by molar-refractivity contribution is 5.94. The number of nitrogens with zero attached hydrogens (tertiary/aromatic N) is 4. The van der Waals surface area contributed by atoms with Crippen LogP contribution in [0.2, 0.25) is 0 Å². The first-order chi connectivity index (χ1) is 17.0. The van der Waals surface area contributed by atoms with Crippen molar-refractivity contribution in [2.45, 2.75) is 63.7 Å². The van der Waals surface area contributed by atoms with Gasteiger partial charge in [0.25, 0.3) is 5.91 Å². The lowest BCUT2D eigenvalue weighted by atomic mass is 9.71. The monoisotopic (exact) mass is 495 g/mol. The average Bonchev–Trinajstić information content (AvgIpc) is 3.26. The first kappa shape index (κ1) is 24.4. The summed E-state index contributed by atoms with van der Waals surface area (Å²) >= 11 is 0. The highest BCUT2D eigenvalue weighted by Gasteiger charge is 2.53. The molecule has 0 radical (unpaired) electrons. The number of para-hydroxylation sites is 2. The van der Waals surface area contributed by atoms with Crippen molar-refractivity contribution in [1.82, 2.24) is 19.8 Å². The summed E-state index contributed by atoms with van der Waals surface area (Å²) in [5.41, 5.74) is -0.909. The maximum atomic E-state index is 13.6. The quantitative estimate of drug-likeness (QED) is 0.670. The topological polar surface area (TPSA) is 125 Å². The lowest BCUT2D eigenvalue weighted by Crippen LogP contribution is -2.63. The summed E-state index contributed by atoms with van der Waals surface area (Å²) in [6.07, 6.45) is 3.46. The van der Waals surface area contributed by atoms with E-state index >= 15 is 0 Å². The molecule has 10 heteroatoms. The second kappa shape index (κ2) is 8.99. The van der Waals surface area contributed by atoms with Crippen molar-refractivity contribution in [3.05, 3.63) is 30.5 Å². The standard InChI is InChI=1S/C26H33N5O5/c1-25(2,3)36-24(34)30-11-10-26(35,15-30)23(33)31-14-16-8-9-20(31)17(12-16)22(32)29-21-13-27-18-6-4-5-7-19(18)28-21/h4-7,13,16-17,20,35H,8-12,14-15H2,1-3H3,(H,28,29,32)/t16-,17+,20+,26?/m1/s1. The van der Waals surface area contributed by atoms with E-state index in [1.165, 1.54) is 11.1 Å². The second-order valence-electron chi connectivity index (χ2n) is 11.2. The van der Waals surface area contributed by atoms with Crippen molar-refractivity contribution in [2.24, 2.45) is 11.8 Å². The number of piperidine rings is 2. The first-order valence-corrected chi connectivity index (χ1v) is 12.6. The summed E-state index contributed by atoms with van der Waals surface area (Å²) in [6, 6.07) is 7.13. The maximum Gasteiger partial charge on any atom is 0.410 e. The van der Waals surface area contributed by atoms with Gasteiger partial charge >= 0.3 is 6.09 Å². The fourth-order valence-corrected chi connectivity index (χ4v) is 5.66. The summed E-state index contributed by atoms with van der Waals surface area (Å²) in [5, 5.41) is 14.1. The number of amides is 3. The predicted molar refractivity (Wildman–Crippen MR) is 132 cm³/mol. The fraction of sp³-hybridized carbons (Fsp3) is 0.577. The molecular weight excluding hydrogens is 462 g/mol. The van der Waals surface area contributed by atoms with Crippen LogP contribution >= 0.6 is 0 Å². The minimum Gasteiger partial charge on any atom is -0.444 e. The van der Waals surface area contributed by atoms with Crippen LogP contribution in [0, 0.1) is 11.8 Å². The van der Waals surface area contributed by atoms with Crippen molar-refractivity contribution in [2.75, 3.05) is 25.0 Å². The number of anilines is 1. The van der Waals surface area contributed by atoms with Crippen LogP contribution < -0.4 is 5.32 Å². The van der Waals surface area contributed by atoms with Gasteiger partial charge in [-0.25, -0.2) is 9.78 Å². The molecule has 3 saturated heterocycles. The summed E-state index contributed by atoms with van der Waals surface area (Å²) in [6.45, 7) is 5.96. The zero-order valence-corrected chi connectivity index (χ0v) is 20.9. The molecule has 4 atom stereocenters. The number of benzene rings is 1. The summed E-state index contributed by atoms with van der Waals surface area (Å²) in [7, 11) is 0. The Morgan fingerprint density at radius 1 is 1.17 bits per heavy atom. The average molecular weight is 496 g/mol. The number of hydrogen-bond acceptors (Lipinski definition) is 7. The Balaban J connectivity index is 1.28. The van der Waals surface area contributed by atoms with E-state index in [1.54, 1.807) is 25.7 Å². The Kier molecular flexibility index (Phi) is 6.10. The van der Waals surface area contributed by atoms with E-state index in [4.69, 9.17) is 4.74 Å². The predicted octanol–water partition coefficient (Wildman–Crippen LogP) is 2.57. The molecule has 1 unspecified atom stereocenters. The van der Waals surface area contributed by atoms with Gasteiger partial charge in [0, 0.05) is 25.6 Å². The van der Waals surface area contributed by atoms with Gasteiger partial charge in [0.2, 0.25) is 5.91 Å². The third-order valence-corrected chi connectivity index (χ3v) is 7.37. The molecule has 4 fully saturated rings. The van der Waals surface area contributed by atoms with Crippen molar-refractivity contribution in [3.8, 4) is 0 Å². The van der Waals surface area contributed by atoms with Crippen LogP contribution in [0.5, 0.6) is 0 Å². The Hall–Kier alpha value is -3.27. The Labute approximate surface area is 210 Å². The van der Waals surface area contributed by atoms with E-state index in [2.05, 4.69) is 15.3 Å². The molecule has 1 saturated carbocycles. The van der Waals surface area contributed by atoms with Crippen molar-refractivity contribution in [3.63, 3.8) is 0 Å². The van der Waals surface area contributed by atoms with Gasteiger partial charge in [0.1, 0.15) is 5.60 Å². The van der Waals surface area contributed by atoms with Gasteiger partial charge in [-0.1, -0.05) is 12.1 Å². The van der Waals surface area contributed by atoms with Crippen molar-refractivity contribution >= 4 is 34.8 Å². The van der Waals surface area contributed by atoms with Crippen LogP contribution in [0.15, 0.2) is 30.5 Å². The normalized spacial score (nSPS) is 27.8. The molecule has 2 bridgehead atoms. The van der Waals surface area contributed by atoms with Crippen molar-refractivity contribution in [1.29, 1.82) is 0 Å². The van der Waals surface area contributed by atoms with Crippen LogP contribution in [0.25, 0.3) is 11.0 Å². The number of aromatic nitrogens is 2. The van der Waals surface area contributed by atoms with Crippen LogP contribution in [-0.2, 0) is 14.3 Å². The number of carbonyl (C=O) groups is 3. The molecule has 6 rings (SSSR count). The van der Waals surface area contributed by atoms with Crippen molar-refractivity contribution < 1.29 is 24.2 Å². The Morgan fingerprint density at radius 2 is 1.92 bits per heavy atom. The number of aliphatic hydroxyl groups is 1. The molecule has 36 heavy (non-hydrogen) atoms. The second-order valence-corrected chi connectivity index (χ2v) is 11.2. The molecule has 0 spiro atoms. The minimum atomic E-state index is -1.68. The van der Waals surface area contributed by atoms with E-state index in [-0.39, 0.29) is 37.4 Å².